The molecule has 1 amide bonds. The fourth-order valence-corrected chi connectivity index (χ4v) is 2.14. The molecule has 0 aliphatic carbocycles. The summed E-state index contributed by atoms with van der Waals surface area (Å²) in [5, 5.41) is 3.43. The Bertz CT molecular complexity index is 623. The van der Waals surface area contributed by atoms with Crippen molar-refractivity contribution in [1.29, 1.82) is 0 Å². The zero-order chi connectivity index (χ0) is 16.9. The first-order valence-corrected chi connectivity index (χ1v) is 7.59. The monoisotopic (exact) mass is 337 g/mol. The van der Waals surface area contributed by atoms with Gasteiger partial charge >= 0.3 is 0 Å². The van der Waals surface area contributed by atoms with Crippen LogP contribution in [0.1, 0.15) is 25.7 Å². The van der Waals surface area contributed by atoms with Crippen LogP contribution in [0.5, 0.6) is 5.75 Å². The zero-order valence-corrected chi connectivity index (χ0v) is 14.1. The van der Waals surface area contributed by atoms with Gasteiger partial charge in [-0.25, -0.2) is 0 Å². The highest BCUT2D eigenvalue weighted by atomic mass is 35.5. The van der Waals surface area contributed by atoms with E-state index in [0.29, 0.717) is 16.5 Å². The molecule has 1 aromatic carbocycles. The number of amides is 1. The maximum Gasteiger partial charge on any atom is 0.263 e. The van der Waals surface area contributed by atoms with Gasteiger partial charge in [0, 0.05) is 12.1 Å². The highest BCUT2D eigenvalue weighted by molar-refractivity contribution is 6.30. The van der Waals surface area contributed by atoms with E-state index in [9.17, 15) is 4.79 Å². The van der Waals surface area contributed by atoms with E-state index in [0.717, 1.165) is 0 Å². The minimum absolute atomic E-state index is 0.249. The summed E-state index contributed by atoms with van der Waals surface area (Å²) in [6.07, 6.45) is 1.22. The van der Waals surface area contributed by atoms with Crippen molar-refractivity contribution in [2.45, 2.75) is 25.6 Å². The minimum Gasteiger partial charge on any atom is -0.478 e. The van der Waals surface area contributed by atoms with E-state index in [4.69, 9.17) is 25.5 Å². The van der Waals surface area contributed by atoms with E-state index >= 15 is 0 Å². The van der Waals surface area contributed by atoms with E-state index in [-0.39, 0.29) is 18.6 Å². The Morgan fingerprint density at radius 3 is 2.57 bits per heavy atom. The molecule has 0 saturated carbocycles. The Hall–Kier alpha value is -1.98. The van der Waals surface area contributed by atoms with Gasteiger partial charge in [0.05, 0.1) is 12.8 Å². The number of ether oxygens (including phenoxy) is 2. The molecular weight excluding hydrogens is 318 g/mol. The quantitative estimate of drug-likeness (QED) is 0.838. The van der Waals surface area contributed by atoms with Gasteiger partial charge < -0.3 is 19.2 Å². The first-order chi connectivity index (χ1) is 10.9. The SMILES string of the molecule is COC(CNC(=O)C(C)(C)Oc1ccc(Cl)cc1)c1ccco1. The van der Waals surface area contributed by atoms with Crippen LogP contribution < -0.4 is 10.1 Å². The summed E-state index contributed by atoms with van der Waals surface area (Å²) in [6.45, 7) is 3.69. The molecule has 0 fully saturated rings. The normalized spacial score (nSPS) is 12.7. The van der Waals surface area contributed by atoms with Crippen molar-refractivity contribution < 1.29 is 18.7 Å². The summed E-state index contributed by atoms with van der Waals surface area (Å²) in [6, 6.07) is 10.4. The summed E-state index contributed by atoms with van der Waals surface area (Å²) in [5.74, 6) is 0.981. The Morgan fingerprint density at radius 2 is 2.00 bits per heavy atom. The summed E-state index contributed by atoms with van der Waals surface area (Å²) in [5.41, 5.74) is -1.03. The summed E-state index contributed by atoms with van der Waals surface area (Å²) >= 11 is 5.84. The van der Waals surface area contributed by atoms with Crippen LogP contribution in [-0.2, 0) is 9.53 Å². The Labute approximate surface area is 140 Å². The number of hydrogen-bond donors (Lipinski definition) is 1. The first-order valence-electron chi connectivity index (χ1n) is 7.21. The number of carbonyl (C=O) groups is 1. The van der Waals surface area contributed by atoms with Crippen LogP contribution in [-0.4, -0.2) is 25.2 Å². The van der Waals surface area contributed by atoms with E-state index in [1.807, 2.05) is 0 Å². The molecule has 1 unspecified atom stereocenters. The fourth-order valence-electron chi connectivity index (χ4n) is 2.02. The van der Waals surface area contributed by atoms with Crippen LogP contribution in [0.4, 0.5) is 0 Å². The molecule has 1 aromatic heterocycles. The second-order valence-electron chi connectivity index (χ2n) is 5.52. The molecule has 1 atom stereocenters. The minimum atomic E-state index is -1.03. The highest BCUT2D eigenvalue weighted by Crippen LogP contribution is 2.21. The smallest absolute Gasteiger partial charge is 0.263 e. The molecule has 0 aliphatic heterocycles. The van der Waals surface area contributed by atoms with Gasteiger partial charge in [-0.15, -0.1) is 0 Å². The zero-order valence-electron chi connectivity index (χ0n) is 13.3. The number of halogens is 1. The lowest BCUT2D eigenvalue weighted by atomic mass is 10.1. The van der Waals surface area contributed by atoms with Gasteiger partial charge in [0.1, 0.15) is 17.6 Å². The fraction of sp³-hybridized carbons (Fsp3) is 0.353. The Kier molecular flexibility index (Phi) is 5.69. The van der Waals surface area contributed by atoms with Crippen molar-refractivity contribution in [3.05, 3.63) is 53.4 Å². The van der Waals surface area contributed by atoms with E-state index < -0.39 is 5.60 Å². The molecule has 6 heteroatoms. The van der Waals surface area contributed by atoms with Gasteiger partial charge in [-0.2, -0.15) is 0 Å². The van der Waals surface area contributed by atoms with Gasteiger partial charge in [-0.3, -0.25) is 4.79 Å². The molecule has 1 heterocycles. The number of benzene rings is 1. The molecular formula is C17H20ClNO4. The number of methoxy groups -OCH3 is 1. The number of carbonyl (C=O) groups excluding carboxylic acids is 1. The molecule has 2 rings (SSSR count). The average Bonchev–Trinajstić information content (AvgIpc) is 3.04. The maximum atomic E-state index is 12.4. The summed E-state index contributed by atoms with van der Waals surface area (Å²) in [4.78, 5) is 12.4. The van der Waals surface area contributed by atoms with Gasteiger partial charge in [-0.05, 0) is 50.2 Å². The van der Waals surface area contributed by atoms with Crippen LogP contribution >= 0.6 is 11.6 Å². The van der Waals surface area contributed by atoms with Crippen molar-refractivity contribution in [3.8, 4) is 5.75 Å². The summed E-state index contributed by atoms with van der Waals surface area (Å²) < 4.78 is 16.4. The predicted octanol–water partition coefficient (Wildman–Crippen LogP) is 3.59. The predicted molar refractivity (Wildman–Crippen MR) is 87.6 cm³/mol. The molecule has 2 aromatic rings. The molecule has 0 saturated heterocycles. The van der Waals surface area contributed by atoms with E-state index in [2.05, 4.69) is 5.32 Å². The lowest BCUT2D eigenvalue weighted by molar-refractivity contribution is -0.134. The van der Waals surface area contributed by atoms with Crippen molar-refractivity contribution in [1.82, 2.24) is 5.32 Å². The van der Waals surface area contributed by atoms with Crippen LogP contribution in [0.15, 0.2) is 47.1 Å². The van der Waals surface area contributed by atoms with Gasteiger partial charge in [0.15, 0.2) is 5.60 Å². The van der Waals surface area contributed by atoms with Crippen molar-refractivity contribution in [3.63, 3.8) is 0 Å². The van der Waals surface area contributed by atoms with Crippen molar-refractivity contribution >= 4 is 17.5 Å². The van der Waals surface area contributed by atoms with Gasteiger partial charge in [0.2, 0.25) is 0 Å². The highest BCUT2D eigenvalue weighted by Gasteiger charge is 2.30. The topological polar surface area (TPSA) is 60.7 Å². The third-order valence-corrected chi connectivity index (χ3v) is 3.58. The Morgan fingerprint density at radius 1 is 1.30 bits per heavy atom. The molecule has 23 heavy (non-hydrogen) atoms. The third-order valence-electron chi connectivity index (χ3n) is 3.33. The lowest BCUT2D eigenvalue weighted by Crippen LogP contribution is -2.47. The van der Waals surface area contributed by atoms with E-state index in [1.54, 1.807) is 63.6 Å². The molecule has 0 spiro atoms. The first kappa shape index (κ1) is 17.4. The molecule has 1 N–H and O–H groups in total. The van der Waals surface area contributed by atoms with Crippen LogP contribution in [0.3, 0.4) is 0 Å². The number of furan rings is 1. The maximum absolute atomic E-state index is 12.4. The summed E-state index contributed by atoms with van der Waals surface area (Å²) in [7, 11) is 1.56. The molecule has 0 radical (unpaired) electrons. The second kappa shape index (κ2) is 7.53. The van der Waals surface area contributed by atoms with Gasteiger partial charge in [0.25, 0.3) is 5.91 Å². The molecule has 5 nitrogen and oxygen atoms in total. The number of nitrogens with one attached hydrogen (secondary N) is 1. The van der Waals surface area contributed by atoms with Gasteiger partial charge in [-0.1, -0.05) is 11.6 Å². The number of hydrogen-bond acceptors (Lipinski definition) is 4. The third kappa shape index (κ3) is 4.74. The van der Waals surface area contributed by atoms with Crippen molar-refractivity contribution in [2.24, 2.45) is 0 Å². The van der Waals surface area contributed by atoms with Crippen LogP contribution in [0.25, 0.3) is 0 Å². The molecule has 0 aliphatic rings. The van der Waals surface area contributed by atoms with E-state index in [1.165, 1.54) is 0 Å². The standard InChI is InChI=1S/C17H20ClNO4/c1-17(2,23-13-8-6-12(18)7-9-13)16(20)19-11-15(21-3)14-5-4-10-22-14/h4-10,15H,11H2,1-3H3,(H,19,20). The number of rotatable bonds is 7. The van der Waals surface area contributed by atoms with Crippen LogP contribution in [0, 0.1) is 0 Å². The second-order valence-corrected chi connectivity index (χ2v) is 5.95. The average molecular weight is 338 g/mol. The molecule has 124 valence electrons. The lowest BCUT2D eigenvalue weighted by Gasteiger charge is -2.26. The largest absolute Gasteiger partial charge is 0.478 e. The van der Waals surface area contributed by atoms with Crippen LogP contribution in [0.2, 0.25) is 5.02 Å². The molecule has 0 bridgehead atoms. The Balaban J connectivity index is 1.94. The van der Waals surface area contributed by atoms with Crippen molar-refractivity contribution in [2.75, 3.05) is 13.7 Å².